The van der Waals surface area contributed by atoms with Crippen molar-refractivity contribution in [3.8, 4) is 11.5 Å². The summed E-state index contributed by atoms with van der Waals surface area (Å²) in [6.45, 7) is -1.85. The van der Waals surface area contributed by atoms with Gasteiger partial charge in [-0.2, -0.15) is 0 Å². The van der Waals surface area contributed by atoms with Gasteiger partial charge in [0.2, 0.25) is 0 Å². The standard InChI is InChI=1S/C9H13NO2.ClH/c1-10-5-4-7-2-3-8(11)9(12)6-7;/h2-3,6,10-12H,4-5H2,1H3;1H/i1D3;. The maximum absolute atomic E-state index is 9.18. The molecule has 0 amide bonds. The van der Waals surface area contributed by atoms with Crippen molar-refractivity contribution in [2.75, 3.05) is 13.5 Å². The molecule has 74 valence electrons. The fraction of sp³-hybridized carbons (Fsp3) is 0.333. The maximum Gasteiger partial charge on any atom is 0.157 e. The van der Waals surface area contributed by atoms with E-state index in [2.05, 4.69) is 5.32 Å². The first-order valence-corrected chi connectivity index (χ1v) is 3.64. The smallest absolute Gasteiger partial charge is 0.157 e. The van der Waals surface area contributed by atoms with E-state index in [0.29, 0.717) is 13.0 Å². The molecule has 0 atom stereocenters. The second kappa shape index (κ2) is 5.67. The van der Waals surface area contributed by atoms with Crippen LogP contribution in [0.2, 0.25) is 0 Å². The van der Waals surface area contributed by atoms with E-state index in [9.17, 15) is 5.11 Å². The number of hydrogen-bond donors (Lipinski definition) is 3. The number of benzene rings is 1. The Kier molecular flexibility index (Phi) is 3.26. The summed E-state index contributed by atoms with van der Waals surface area (Å²) in [4.78, 5) is 0. The molecule has 0 saturated carbocycles. The van der Waals surface area contributed by atoms with Crippen molar-refractivity contribution in [1.29, 1.82) is 0 Å². The van der Waals surface area contributed by atoms with Crippen LogP contribution in [0.4, 0.5) is 0 Å². The molecule has 0 fully saturated rings. The van der Waals surface area contributed by atoms with Gasteiger partial charge in [0.15, 0.2) is 11.5 Å². The van der Waals surface area contributed by atoms with Gasteiger partial charge in [-0.1, -0.05) is 6.07 Å². The van der Waals surface area contributed by atoms with E-state index in [-0.39, 0.29) is 23.9 Å². The molecule has 1 aromatic rings. The van der Waals surface area contributed by atoms with Crippen LogP contribution in [0.25, 0.3) is 0 Å². The van der Waals surface area contributed by atoms with Gasteiger partial charge in [-0.15, -0.1) is 12.4 Å². The molecule has 13 heavy (non-hydrogen) atoms. The average molecular weight is 207 g/mol. The highest BCUT2D eigenvalue weighted by Crippen LogP contribution is 2.24. The SMILES string of the molecule is Cl.[2H]C([2H])([2H])NCCc1ccc(O)c(O)c1. The molecule has 1 rings (SSSR count). The summed E-state index contributed by atoms with van der Waals surface area (Å²) < 4.78 is 20.7. The van der Waals surface area contributed by atoms with E-state index < -0.39 is 6.98 Å². The molecule has 0 aromatic heterocycles. The van der Waals surface area contributed by atoms with E-state index in [1.165, 1.54) is 12.1 Å². The Morgan fingerprint density at radius 1 is 1.38 bits per heavy atom. The lowest BCUT2D eigenvalue weighted by Gasteiger charge is -2.02. The first-order chi connectivity index (χ1) is 6.88. The highest BCUT2D eigenvalue weighted by Gasteiger charge is 1.99. The van der Waals surface area contributed by atoms with E-state index >= 15 is 0 Å². The molecule has 4 heteroatoms. The van der Waals surface area contributed by atoms with Crippen LogP contribution in [0.15, 0.2) is 18.2 Å². The molecule has 0 aliphatic carbocycles. The topological polar surface area (TPSA) is 52.5 Å². The zero-order valence-electron chi connectivity index (χ0n) is 9.95. The molecule has 1 aromatic carbocycles. The Morgan fingerprint density at radius 2 is 2.15 bits per heavy atom. The summed E-state index contributed by atoms with van der Waals surface area (Å²) in [5.41, 5.74) is 0.766. The number of halogens is 1. The Hall–Kier alpha value is -0.930. The number of rotatable bonds is 3. The normalized spacial score (nSPS) is 13.7. The molecule has 0 unspecified atom stereocenters. The lowest BCUT2D eigenvalue weighted by molar-refractivity contribution is 0.403. The van der Waals surface area contributed by atoms with Gasteiger partial charge >= 0.3 is 0 Å². The first-order valence-electron chi connectivity index (χ1n) is 5.14. The van der Waals surface area contributed by atoms with Crippen molar-refractivity contribution in [2.45, 2.75) is 6.42 Å². The highest BCUT2D eigenvalue weighted by molar-refractivity contribution is 5.85. The predicted octanol–water partition coefficient (Wildman–Crippen LogP) is 1.28. The Morgan fingerprint density at radius 3 is 2.77 bits per heavy atom. The third kappa shape index (κ3) is 3.53. The molecule has 0 radical (unpaired) electrons. The van der Waals surface area contributed by atoms with Gasteiger partial charge in [0.1, 0.15) is 0 Å². The minimum atomic E-state index is -2.14. The van der Waals surface area contributed by atoms with Crippen LogP contribution in [-0.2, 0) is 6.42 Å². The monoisotopic (exact) mass is 206 g/mol. The van der Waals surface area contributed by atoms with Gasteiger partial charge in [-0.25, -0.2) is 0 Å². The average Bonchev–Trinajstić information content (AvgIpc) is 2.09. The highest BCUT2D eigenvalue weighted by atomic mass is 35.5. The quantitative estimate of drug-likeness (QED) is 0.654. The van der Waals surface area contributed by atoms with Gasteiger partial charge in [-0.3, -0.25) is 0 Å². The van der Waals surface area contributed by atoms with E-state index in [1.54, 1.807) is 6.07 Å². The van der Waals surface area contributed by atoms with Crippen LogP contribution in [0.5, 0.6) is 11.5 Å². The minimum absolute atomic E-state index is 0. The molecule has 0 bridgehead atoms. The summed E-state index contributed by atoms with van der Waals surface area (Å²) in [5, 5.41) is 20.6. The molecular formula is C9H14ClNO2. The Bertz CT molecular complexity index is 344. The fourth-order valence-electron chi connectivity index (χ4n) is 0.931. The van der Waals surface area contributed by atoms with Crippen LogP contribution >= 0.6 is 12.4 Å². The molecule has 0 aliphatic rings. The van der Waals surface area contributed by atoms with Gasteiger partial charge < -0.3 is 15.5 Å². The second-order valence-corrected chi connectivity index (χ2v) is 2.50. The summed E-state index contributed by atoms with van der Waals surface area (Å²) in [6, 6.07) is 4.42. The number of phenolic OH excluding ortho intramolecular Hbond substituents is 2. The van der Waals surface area contributed by atoms with Gasteiger partial charge in [0.25, 0.3) is 0 Å². The summed E-state index contributed by atoms with van der Waals surface area (Å²) in [6.07, 6.45) is 0.478. The lowest BCUT2D eigenvalue weighted by atomic mass is 10.1. The number of hydrogen-bond acceptors (Lipinski definition) is 3. The van der Waals surface area contributed by atoms with Crippen LogP contribution in [0.3, 0.4) is 0 Å². The Labute approximate surface area is 88.0 Å². The van der Waals surface area contributed by atoms with Crippen molar-refractivity contribution in [1.82, 2.24) is 5.32 Å². The van der Waals surface area contributed by atoms with Crippen molar-refractivity contribution in [2.24, 2.45) is 0 Å². The second-order valence-electron chi connectivity index (χ2n) is 2.50. The van der Waals surface area contributed by atoms with E-state index in [1.807, 2.05) is 0 Å². The third-order valence-electron chi connectivity index (χ3n) is 1.58. The van der Waals surface area contributed by atoms with Crippen molar-refractivity contribution in [3.63, 3.8) is 0 Å². The maximum atomic E-state index is 9.18. The number of nitrogens with one attached hydrogen (secondary N) is 1. The number of likely N-dealkylation sites (N-methyl/N-ethyl adjacent to an activating group) is 1. The zero-order valence-corrected chi connectivity index (χ0v) is 7.77. The van der Waals surface area contributed by atoms with Gasteiger partial charge in [0.05, 0.1) is 0 Å². The molecule has 0 heterocycles. The van der Waals surface area contributed by atoms with Crippen LogP contribution in [0.1, 0.15) is 9.68 Å². The molecule has 0 spiro atoms. The lowest BCUT2D eigenvalue weighted by Crippen LogP contribution is -2.09. The largest absolute Gasteiger partial charge is 0.504 e. The van der Waals surface area contributed by atoms with Crippen molar-refractivity contribution >= 4 is 12.4 Å². The van der Waals surface area contributed by atoms with Crippen LogP contribution < -0.4 is 5.32 Å². The molecule has 3 nitrogen and oxygen atoms in total. The van der Waals surface area contributed by atoms with Crippen LogP contribution in [-0.4, -0.2) is 23.7 Å². The van der Waals surface area contributed by atoms with Gasteiger partial charge in [-0.05, 0) is 37.6 Å². The van der Waals surface area contributed by atoms with Crippen LogP contribution in [0, 0.1) is 0 Å². The van der Waals surface area contributed by atoms with Crippen molar-refractivity contribution in [3.05, 3.63) is 23.8 Å². The summed E-state index contributed by atoms with van der Waals surface area (Å²) in [5.74, 6) is -0.371. The predicted molar refractivity (Wildman–Crippen MR) is 54.7 cm³/mol. The summed E-state index contributed by atoms with van der Waals surface area (Å²) >= 11 is 0. The third-order valence-corrected chi connectivity index (χ3v) is 1.58. The van der Waals surface area contributed by atoms with Crippen molar-refractivity contribution < 1.29 is 14.3 Å². The van der Waals surface area contributed by atoms with E-state index in [4.69, 9.17) is 9.22 Å². The molecule has 3 N–H and O–H groups in total. The fourth-order valence-corrected chi connectivity index (χ4v) is 0.931. The van der Waals surface area contributed by atoms with Gasteiger partial charge in [0, 0.05) is 4.11 Å². The summed E-state index contributed by atoms with van der Waals surface area (Å²) in [7, 11) is 0. The molecule has 0 saturated heterocycles. The minimum Gasteiger partial charge on any atom is -0.504 e. The van der Waals surface area contributed by atoms with E-state index in [0.717, 1.165) is 5.56 Å². The zero-order chi connectivity index (χ0) is 11.5. The molecule has 0 aliphatic heterocycles. The first kappa shape index (κ1) is 7.47. The molecular weight excluding hydrogens is 190 g/mol. The number of phenols is 2. The Balaban J connectivity index is 0.00000225. The number of aromatic hydroxyl groups is 2.